The van der Waals surface area contributed by atoms with Gasteiger partial charge in [0.2, 0.25) is 0 Å². The zero-order valence-corrected chi connectivity index (χ0v) is 50.7. The molecular formula is C78H70N8O2. The summed E-state index contributed by atoms with van der Waals surface area (Å²) in [5, 5.41) is 0. The first kappa shape index (κ1) is 50.7. The number of hydrogen-bond donors (Lipinski definition) is 0. The Bertz CT molecular complexity index is 4640. The van der Waals surface area contributed by atoms with Crippen molar-refractivity contribution in [3.8, 4) is 45.3 Å². The molecule has 0 N–H and O–H groups in total. The van der Waals surface area contributed by atoms with Gasteiger partial charge in [0.25, 0.3) is 0 Å². The fourth-order valence-corrected chi connectivity index (χ4v) is 12.9. The molecule has 88 heavy (non-hydrogen) atoms. The Balaban J connectivity index is 0.723. The number of ether oxygens (including phenoxy) is 2. The van der Waals surface area contributed by atoms with Gasteiger partial charge in [0.15, 0.2) is 0 Å². The van der Waals surface area contributed by atoms with Gasteiger partial charge in [0.05, 0.1) is 58.8 Å². The molecule has 0 saturated carbocycles. The van der Waals surface area contributed by atoms with Crippen molar-refractivity contribution in [3.63, 3.8) is 0 Å². The first-order chi connectivity index (χ1) is 44.0. The molecule has 15 rings (SSSR count). The number of hydrogen-bond acceptors (Lipinski definition) is 10. The molecule has 0 atom stereocenters. The van der Waals surface area contributed by atoms with E-state index in [-0.39, 0.29) is 6.67 Å². The Morgan fingerprint density at radius 3 is 1.05 bits per heavy atom. The Morgan fingerprint density at radius 1 is 0.261 bits per heavy atom. The molecule has 0 aromatic heterocycles. The standard InChI is InChI=1S/C78H70N8O2/c1-51-33-73-75(35-53(51)3)81(47-79(73)7)63-23-17-25-67(43-63)87-69-41-59(57-19-11-9-12-20-57)39-65(45-69)85-49-83(71-27-15-16-28-72(71)85)61-29-31-62(32-30-61)84-50-86(78-38-56(6)55(5)37-77(78)84)66-40-60(58-21-13-10-14-22-58)42-70(46-66)88-68-26-18-24-64(44-68)82-48-80(8)74-34-52(2)54(4)36-76(74)82/h9-46H,47-50H2,1-8H3/i7D3. The Kier molecular flexibility index (Phi) is 12.5. The monoisotopic (exact) mass is 1150 g/mol. The lowest BCUT2D eigenvalue weighted by atomic mass is 10.0. The molecule has 0 aliphatic carbocycles. The van der Waals surface area contributed by atoms with Crippen molar-refractivity contribution in [1.29, 1.82) is 0 Å². The first-order valence-electron chi connectivity index (χ1n) is 31.7. The van der Waals surface area contributed by atoms with Gasteiger partial charge in [-0.15, -0.1) is 0 Å². The van der Waals surface area contributed by atoms with Gasteiger partial charge in [0.1, 0.15) is 36.3 Å². The molecule has 4 heterocycles. The van der Waals surface area contributed by atoms with Gasteiger partial charge < -0.3 is 48.7 Å². The van der Waals surface area contributed by atoms with Crippen molar-refractivity contribution in [2.24, 2.45) is 0 Å². The highest BCUT2D eigenvalue weighted by atomic mass is 16.5. The molecule has 4 aliphatic heterocycles. The first-order valence-corrected chi connectivity index (χ1v) is 30.2. The van der Waals surface area contributed by atoms with Crippen LogP contribution >= 0.6 is 0 Å². The van der Waals surface area contributed by atoms with Crippen LogP contribution in [0.15, 0.2) is 231 Å². The van der Waals surface area contributed by atoms with Crippen LogP contribution < -0.4 is 48.7 Å². The second-order valence-corrected chi connectivity index (χ2v) is 23.9. The average molecular weight is 1150 g/mol. The number of anilines is 14. The number of fused-ring (bicyclic) bond motifs is 4. The molecule has 11 aromatic carbocycles. The molecule has 0 amide bonds. The minimum atomic E-state index is -2.31. The quantitative estimate of drug-likeness (QED) is 0.118. The Hall–Kier alpha value is -10.6. The summed E-state index contributed by atoms with van der Waals surface area (Å²) >= 11 is 0. The van der Waals surface area contributed by atoms with Crippen molar-refractivity contribution in [1.82, 2.24) is 0 Å². The van der Waals surface area contributed by atoms with E-state index in [1.165, 1.54) is 38.5 Å². The molecule has 0 radical (unpaired) electrons. The van der Waals surface area contributed by atoms with Gasteiger partial charge in [-0.05, 0) is 219 Å². The van der Waals surface area contributed by atoms with Gasteiger partial charge in [-0.1, -0.05) is 84.9 Å². The van der Waals surface area contributed by atoms with Gasteiger partial charge in [-0.3, -0.25) is 0 Å². The van der Waals surface area contributed by atoms with Gasteiger partial charge in [0, 0.05) is 76.5 Å². The number of benzene rings is 11. The molecular weight excluding hydrogens is 1080 g/mol. The fourth-order valence-electron chi connectivity index (χ4n) is 12.9. The molecule has 10 nitrogen and oxygen atoms in total. The van der Waals surface area contributed by atoms with E-state index in [1.54, 1.807) is 0 Å². The molecule has 10 heteroatoms. The van der Waals surface area contributed by atoms with Crippen molar-refractivity contribution in [3.05, 3.63) is 264 Å². The van der Waals surface area contributed by atoms with Crippen LogP contribution in [0.3, 0.4) is 0 Å². The normalized spacial score (nSPS) is 14.6. The Labute approximate surface area is 521 Å². The summed E-state index contributed by atoms with van der Waals surface area (Å²) in [6.45, 7) is 12.6. The second-order valence-electron chi connectivity index (χ2n) is 23.9. The predicted octanol–water partition coefficient (Wildman–Crippen LogP) is 20.0. The highest BCUT2D eigenvalue weighted by molar-refractivity contribution is 5.92. The molecule has 0 bridgehead atoms. The lowest BCUT2D eigenvalue weighted by Gasteiger charge is -2.25. The van der Waals surface area contributed by atoms with Crippen LogP contribution in [0.2, 0.25) is 0 Å². The third-order valence-corrected chi connectivity index (χ3v) is 18.1. The van der Waals surface area contributed by atoms with Crippen LogP contribution in [0.4, 0.5) is 79.6 Å². The summed E-state index contributed by atoms with van der Waals surface area (Å²) in [5.74, 6) is 2.85. The summed E-state index contributed by atoms with van der Waals surface area (Å²) in [4.78, 5) is 17.8. The molecule has 4 aliphatic rings. The van der Waals surface area contributed by atoms with Crippen molar-refractivity contribution in [2.45, 2.75) is 41.5 Å². The van der Waals surface area contributed by atoms with Gasteiger partial charge in [-0.25, -0.2) is 0 Å². The van der Waals surface area contributed by atoms with Gasteiger partial charge >= 0.3 is 0 Å². The van der Waals surface area contributed by atoms with Crippen LogP contribution in [-0.4, -0.2) is 40.7 Å². The predicted molar refractivity (Wildman–Crippen MR) is 367 cm³/mol. The van der Waals surface area contributed by atoms with Crippen LogP contribution in [0.25, 0.3) is 22.3 Å². The average Bonchev–Trinajstić information content (AvgIpc) is 1.68. The summed E-state index contributed by atoms with van der Waals surface area (Å²) in [6, 6.07) is 81.4. The molecule has 11 aromatic rings. The lowest BCUT2D eigenvalue weighted by molar-refractivity contribution is 0.482. The van der Waals surface area contributed by atoms with E-state index in [9.17, 15) is 0 Å². The maximum absolute atomic E-state index is 8.41. The van der Waals surface area contributed by atoms with E-state index in [2.05, 4.69) is 270 Å². The molecule has 0 saturated heterocycles. The van der Waals surface area contributed by atoms with Gasteiger partial charge in [-0.2, -0.15) is 0 Å². The van der Waals surface area contributed by atoms with E-state index >= 15 is 0 Å². The smallest absolute Gasteiger partial charge is 0.130 e. The van der Waals surface area contributed by atoms with E-state index in [1.807, 2.05) is 43.3 Å². The minimum absolute atomic E-state index is 0.191. The van der Waals surface area contributed by atoms with Crippen molar-refractivity contribution >= 4 is 79.6 Å². The summed E-state index contributed by atoms with van der Waals surface area (Å²) in [5.41, 5.74) is 26.0. The third kappa shape index (κ3) is 9.80. The summed E-state index contributed by atoms with van der Waals surface area (Å²) < 4.78 is 39.1. The largest absolute Gasteiger partial charge is 0.457 e. The van der Waals surface area contributed by atoms with Crippen molar-refractivity contribution in [2.75, 3.05) is 79.9 Å². The van der Waals surface area contributed by atoms with Crippen LogP contribution in [0.1, 0.15) is 37.5 Å². The third-order valence-electron chi connectivity index (χ3n) is 18.1. The molecule has 0 unspecified atom stereocenters. The number of nitrogens with zero attached hydrogens (tertiary/aromatic N) is 8. The highest BCUT2D eigenvalue weighted by Crippen LogP contribution is 2.51. The topological polar surface area (TPSA) is 44.4 Å². The fraction of sp³-hybridized carbons (Fsp3) is 0.154. The van der Waals surface area contributed by atoms with Crippen molar-refractivity contribution < 1.29 is 13.6 Å². The summed E-state index contributed by atoms with van der Waals surface area (Å²) in [7, 11) is 2.15. The number of rotatable bonds is 12. The maximum atomic E-state index is 8.41. The van der Waals surface area contributed by atoms with E-state index in [0.29, 0.717) is 30.5 Å². The second kappa shape index (κ2) is 21.7. The van der Waals surface area contributed by atoms with Crippen LogP contribution in [-0.2, 0) is 0 Å². The SMILES string of the molecule is [2H]C([2H])([2H])N1CN(c2cccc(Oc3cc(-c4ccccc4)cc(N4CN(c5ccc(N6CN(c7cc(Oc8cccc(N9CN(C)c%10cc(C)c(C)cc%109)c8)cc(-c8ccccc8)c7)c7cc(C)c(C)cc76)cc5)c5ccccc54)c3)c2)c2cc(C)c(C)cc21. The lowest BCUT2D eigenvalue weighted by Crippen LogP contribution is -2.25. The van der Waals surface area contributed by atoms with E-state index < -0.39 is 6.98 Å². The number of para-hydroxylation sites is 2. The number of aryl methyl sites for hydroxylation is 6. The summed E-state index contributed by atoms with van der Waals surface area (Å²) in [6.07, 6.45) is 0. The molecule has 0 spiro atoms. The zero-order valence-electron chi connectivity index (χ0n) is 53.7. The zero-order chi connectivity index (χ0) is 62.4. The minimum Gasteiger partial charge on any atom is -0.457 e. The highest BCUT2D eigenvalue weighted by Gasteiger charge is 2.33. The molecule has 0 fully saturated rings. The van der Waals surface area contributed by atoms with Crippen LogP contribution in [0, 0.1) is 41.5 Å². The molecule has 434 valence electrons. The maximum Gasteiger partial charge on any atom is 0.130 e. The van der Waals surface area contributed by atoms with E-state index in [4.69, 9.17) is 13.6 Å². The van der Waals surface area contributed by atoms with Crippen LogP contribution in [0.5, 0.6) is 23.0 Å². The van der Waals surface area contributed by atoms with E-state index in [0.717, 1.165) is 114 Å². The Morgan fingerprint density at radius 2 is 0.602 bits per heavy atom.